The van der Waals surface area contributed by atoms with Crippen LogP contribution in [-0.4, -0.2) is 16.7 Å². The molecule has 0 aliphatic heterocycles. The molecule has 0 saturated heterocycles. The molecule has 6 heteroatoms. The molecule has 90 valence electrons. The number of rotatable bonds is 4. The summed E-state index contributed by atoms with van der Waals surface area (Å²) in [5.74, 6) is -1.15. The second-order valence-corrected chi connectivity index (χ2v) is 3.53. The van der Waals surface area contributed by atoms with Crippen LogP contribution < -0.4 is 5.73 Å². The molecular formula is C11H11F2N3O. The Bertz CT molecular complexity index is 513. The highest BCUT2D eigenvalue weighted by Gasteiger charge is 2.10. The topological polar surface area (TPSA) is 64.9 Å². The third-order valence-corrected chi connectivity index (χ3v) is 2.24. The largest absolute Gasteiger partial charge is 0.339 e. The van der Waals surface area contributed by atoms with E-state index in [2.05, 4.69) is 10.1 Å². The Balaban J connectivity index is 2.21. The smallest absolute Gasteiger partial charge is 0.227 e. The van der Waals surface area contributed by atoms with E-state index in [9.17, 15) is 8.78 Å². The fourth-order valence-electron chi connectivity index (χ4n) is 1.36. The number of aryl methyl sites for hydroxylation is 1. The third kappa shape index (κ3) is 2.65. The lowest BCUT2D eigenvalue weighted by Gasteiger charge is -1.95. The molecule has 0 amide bonds. The normalized spacial score (nSPS) is 10.8. The van der Waals surface area contributed by atoms with E-state index >= 15 is 0 Å². The Kier molecular flexibility index (Phi) is 3.43. The van der Waals surface area contributed by atoms with Crippen LogP contribution in [0.1, 0.15) is 12.3 Å². The van der Waals surface area contributed by atoms with Gasteiger partial charge in [0.05, 0.1) is 0 Å². The minimum Gasteiger partial charge on any atom is -0.339 e. The van der Waals surface area contributed by atoms with E-state index in [1.54, 1.807) is 0 Å². The zero-order valence-electron chi connectivity index (χ0n) is 8.99. The van der Waals surface area contributed by atoms with E-state index in [1.165, 1.54) is 6.07 Å². The van der Waals surface area contributed by atoms with E-state index in [1.807, 2.05) is 0 Å². The highest BCUT2D eigenvalue weighted by molar-refractivity contribution is 5.54. The molecule has 0 unspecified atom stereocenters. The van der Waals surface area contributed by atoms with Crippen molar-refractivity contribution in [2.75, 3.05) is 6.54 Å². The third-order valence-electron chi connectivity index (χ3n) is 2.24. The quantitative estimate of drug-likeness (QED) is 0.885. The molecule has 2 N–H and O–H groups in total. The number of aromatic nitrogens is 2. The van der Waals surface area contributed by atoms with Gasteiger partial charge >= 0.3 is 0 Å². The van der Waals surface area contributed by atoms with Crippen LogP contribution in [0.15, 0.2) is 22.7 Å². The highest BCUT2D eigenvalue weighted by atomic mass is 19.2. The predicted molar refractivity (Wildman–Crippen MR) is 57.0 cm³/mol. The molecule has 0 atom stereocenters. The summed E-state index contributed by atoms with van der Waals surface area (Å²) in [6, 6.07) is 3.46. The van der Waals surface area contributed by atoms with Crippen LogP contribution in [0.2, 0.25) is 0 Å². The molecular weight excluding hydrogens is 228 g/mol. The zero-order valence-corrected chi connectivity index (χ0v) is 8.99. The molecule has 0 bridgehead atoms. The summed E-state index contributed by atoms with van der Waals surface area (Å²) in [5.41, 5.74) is 5.73. The fraction of sp³-hybridized carbons (Fsp3) is 0.273. The molecule has 1 aromatic carbocycles. The summed E-state index contributed by atoms with van der Waals surface area (Å²) in [6.07, 6.45) is 1.31. The molecule has 0 aliphatic carbocycles. The van der Waals surface area contributed by atoms with Gasteiger partial charge in [-0.15, -0.1) is 0 Å². The number of hydrogen-bond donors (Lipinski definition) is 1. The lowest BCUT2D eigenvalue weighted by Crippen LogP contribution is -2.00. The molecule has 0 spiro atoms. The second kappa shape index (κ2) is 5.01. The first-order valence-corrected chi connectivity index (χ1v) is 5.19. The van der Waals surface area contributed by atoms with Gasteiger partial charge in [-0.3, -0.25) is 0 Å². The van der Waals surface area contributed by atoms with Crippen LogP contribution in [0.3, 0.4) is 0 Å². The van der Waals surface area contributed by atoms with Crippen LogP contribution in [0.25, 0.3) is 11.4 Å². The van der Waals surface area contributed by atoms with Crippen molar-refractivity contribution in [2.24, 2.45) is 5.73 Å². The van der Waals surface area contributed by atoms with Crippen LogP contribution in [0, 0.1) is 11.6 Å². The van der Waals surface area contributed by atoms with Gasteiger partial charge in [0.2, 0.25) is 11.7 Å². The zero-order chi connectivity index (χ0) is 12.3. The van der Waals surface area contributed by atoms with Crippen molar-refractivity contribution >= 4 is 0 Å². The van der Waals surface area contributed by atoms with Crippen molar-refractivity contribution in [1.29, 1.82) is 0 Å². The van der Waals surface area contributed by atoms with Gasteiger partial charge < -0.3 is 10.3 Å². The highest BCUT2D eigenvalue weighted by Crippen LogP contribution is 2.18. The molecule has 2 aromatic rings. The van der Waals surface area contributed by atoms with Gasteiger partial charge in [-0.25, -0.2) is 8.78 Å². The van der Waals surface area contributed by atoms with Crippen LogP contribution in [-0.2, 0) is 6.42 Å². The van der Waals surface area contributed by atoms with Crippen molar-refractivity contribution in [3.63, 3.8) is 0 Å². The van der Waals surface area contributed by atoms with E-state index in [-0.39, 0.29) is 5.82 Å². The minimum atomic E-state index is -0.934. The van der Waals surface area contributed by atoms with Gasteiger partial charge in [-0.2, -0.15) is 4.98 Å². The monoisotopic (exact) mass is 239 g/mol. The lowest BCUT2D eigenvalue weighted by molar-refractivity contribution is 0.376. The predicted octanol–water partition coefficient (Wildman–Crippen LogP) is 1.91. The maximum Gasteiger partial charge on any atom is 0.227 e. The van der Waals surface area contributed by atoms with E-state index in [0.29, 0.717) is 24.4 Å². The summed E-state index contributed by atoms with van der Waals surface area (Å²) < 4.78 is 30.7. The molecule has 1 heterocycles. The first-order valence-electron chi connectivity index (χ1n) is 5.19. The molecule has 2 rings (SSSR count). The van der Waals surface area contributed by atoms with Crippen LogP contribution in [0.4, 0.5) is 8.78 Å². The summed E-state index contributed by atoms with van der Waals surface area (Å²) in [5, 5.41) is 3.69. The Morgan fingerprint density at radius 1 is 1.24 bits per heavy atom. The Labute approximate surface area is 96.4 Å². The van der Waals surface area contributed by atoms with E-state index in [0.717, 1.165) is 18.6 Å². The van der Waals surface area contributed by atoms with Crippen molar-refractivity contribution in [3.8, 4) is 11.4 Å². The molecule has 17 heavy (non-hydrogen) atoms. The number of benzene rings is 1. The van der Waals surface area contributed by atoms with Gasteiger partial charge in [-0.05, 0) is 31.2 Å². The standard InChI is InChI=1S/C11H11F2N3O/c12-8-4-3-7(6-9(8)13)11-15-10(17-16-11)2-1-5-14/h3-4,6H,1-2,5,14H2. The Hall–Kier alpha value is -1.82. The van der Waals surface area contributed by atoms with Gasteiger partial charge in [0, 0.05) is 12.0 Å². The first-order chi connectivity index (χ1) is 8.20. The molecule has 0 saturated carbocycles. The number of hydrogen-bond acceptors (Lipinski definition) is 4. The number of halogens is 2. The average Bonchev–Trinajstić information content (AvgIpc) is 2.79. The summed E-state index contributed by atoms with van der Waals surface area (Å²) in [7, 11) is 0. The van der Waals surface area contributed by atoms with Crippen LogP contribution in [0.5, 0.6) is 0 Å². The molecule has 0 radical (unpaired) electrons. The average molecular weight is 239 g/mol. The Morgan fingerprint density at radius 2 is 2.06 bits per heavy atom. The van der Waals surface area contributed by atoms with Crippen molar-refractivity contribution in [1.82, 2.24) is 10.1 Å². The maximum absolute atomic E-state index is 13.0. The molecule has 4 nitrogen and oxygen atoms in total. The van der Waals surface area contributed by atoms with Gasteiger partial charge in [0.1, 0.15) is 0 Å². The maximum atomic E-state index is 13.0. The van der Waals surface area contributed by atoms with Crippen molar-refractivity contribution in [3.05, 3.63) is 35.7 Å². The summed E-state index contributed by atoms with van der Waals surface area (Å²) in [6.45, 7) is 0.531. The molecule has 0 aliphatic rings. The second-order valence-electron chi connectivity index (χ2n) is 3.53. The lowest BCUT2D eigenvalue weighted by atomic mass is 10.2. The van der Waals surface area contributed by atoms with Gasteiger partial charge in [-0.1, -0.05) is 5.16 Å². The molecule has 0 fully saturated rings. The Morgan fingerprint density at radius 3 is 2.76 bits per heavy atom. The number of nitrogens with zero attached hydrogens (tertiary/aromatic N) is 2. The SMILES string of the molecule is NCCCc1nc(-c2ccc(F)c(F)c2)no1. The summed E-state index contributed by atoms with van der Waals surface area (Å²) in [4.78, 5) is 4.07. The molecule has 1 aromatic heterocycles. The van der Waals surface area contributed by atoms with Crippen molar-refractivity contribution < 1.29 is 13.3 Å². The van der Waals surface area contributed by atoms with E-state index in [4.69, 9.17) is 10.3 Å². The first kappa shape index (κ1) is 11.7. The minimum absolute atomic E-state index is 0.246. The van der Waals surface area contributed by atoms with Gasteiger partial charge in [0.25, 0.3) is 0 Å². The number of nitrogens with two attached hydrogens (primary N) is 1. The summed E-state index contributed by atoms with van der Waals surface area (Å²) >= 11 is 0. The van der Waals surface area contributed by atoms with Crippen LogP contribution >= 0.6 is 0 Å². The van der Waals surface area contributed by atoms with Crippen molar-refractivity contribution in [2.45, 2.75) is 12.8 Å². The van der Waals surface area contributed by atoms with Gasteiger partial charge in [0.15, 0.2) is 11.6 Å². The van der Waals surface area contributed by atoms with E-state index < -0.39 is 11.6 Å². The fourth-order valence-corrected chi connectivity index (χ4v) is 1.36.